The molecule has 1 aliphatic rings. The molecule has 2 rings (SSSR count). The molecule has 138 valence electrons. The quantitative estimate of drug-likeness (QED) is 0.687. The van der Waals surface area contributed by atoms with Crippen LogP contribution in [0.3, 0.4) is 0 Å². The third-order valence-electron chi connectivity index (χ3n) is 4.31. The lowest BCUT2D eigenvalue weighted by atomic mass is 9.93. The van der Waals surface area contributed by atoms with E-state index in [0.29, 0.717) is 18.8 Å². The van der Waals surface area contributed by atoms with E-state index in [4.69, 9.17) is 5.26 Å². The van der Waals surface area contributed by atoms with Gasteiger partial charge in [0.15, 0.2) is 0 Å². The van der Waals surface area contributed by atoms with Crippen LogP contribution in [0.2, 0.25) is 0 Å². The van der Waals surface area contributed by atoms with Crippen LogP contribution in [0, 0.1) is 17.2 Å². The maximum atomic E-state index is 12.5. The molecule has 1 aliphatic carbocycles. The van der Waals surface area contributed by atoms with Crippen molar-refractivity contribution >= 4 is 23.2 Å². The molecular weight excluding hydrogens is 344 g/mol. The van der Waals surface area contributed by atoms with Crippen molar-refractivity contribution in [3.63, 3.8) is 0 Å². The number of hydrogen-bond donors (Lipinski definition) is 2. The van der Waals surface area contributed by atoms with Gasteiger partial charge in [0, 0.05) is 0 Å². The maximum Gasteiger partial charge on any atom is 0.233 e. The van der Waals surface area contributed by atoms with Crippen molar-refractivity contribution in [2.24, 2.45) is 5.92 Å². The normalized spacial score (nSPS) is 20.3. The minimum Gasteiger partial charge on any atom is -0.395 e. The first-order chi connectivity index (χ1) is 12.5. The number of aliphatic hydroxyl groups excluding tert-OH is 1. The zero-order chi connectivity index (χ0) is 19.0. The number of benzene rings is 1. The molecular formula is C21H26N2O2S. The molecule has 0 aliphatic heterocycles. The minimum atomic E-state index is -0.512. The number of amides is 1. The van der Waals surface area contributed by atoms with Crippen molar-refractivity contribution in [1.82, 2.24) is 5.32 Å². The van der Waals surface area contributed by atoms with Crippen molar-refractivity contribution in [2.75, 3.05) is 13.2 Å². The first kappa shape index (κ1) is 20.3. The fourth-order valence-corrected chi connectivity index (χ4v) is 4.55. The molecule has 0 bridgehead atoms. The summed E-state index contributed by atoms with van der Waals surface area (Å²) < 4.78 is -0.512. The van der Waals surface area contributed by atoms with Gasteiger partial charge in [0.1, 0.15) is 6.54 Å². The van der Waals surface area contributed by atoms with Gasteiger partial charge < -0.3 is 10.4 Å². The Morgan fingerprint density at radius 1 is 1.38 bits per heavy atom. The number of allylic oxidation sites excluding steroid dienone is 3. The van der Waals surface area contributed by atoms with Crippen LogP contribution in [0.15, 0.2) is 48.6 Å². The van der Waals surface area contributed by atoms with Gasteiger partial charge in [-0.05, 0) is 29.9 Å². The van der Waals surface area contributed by atoms with E-state index in [1.807, 2.05) is 36.4 Å². The number of hydrogen-bond acceptors (Lipinski definition) is 4. The smallest absolute Gasteiger partial charge is 0.233 e. The lowest BCUT2D eigenvalue weighted by molar-refractivity contribution is -0.120. The van der Waals surface area contributed by atoms with Crippen LogP contribution < -0.4 is 5.32 Å². The summed E-state index contributed by atoms with van der Waals surface area (Å²) in [5.41, 5.74) is 2.27. The summed E-state index contributed by atoms with van der Waals surface area (Å²) in [5, 5.41) is 21.1. The van der Waals surface area contributed by atoms with Crippen LogP contribution in [0.4, 0.5) is 0 Å². The molecule has 2 N–H and O–H groups in total. The van der Waals surface area contributed by atoms with Crippen molar-refractivity contribution in [3.8, 4) is 6.07 Å². The topological polar surface area (TPSA) is 73.1 Å². The van der Waals surface area contributed by atoms with E-state index in [-0.39, 0.29) is 24.3 Å². The standard InChI is InChI=1S/C21H26N2O2S/c1-16(2)14-19(20(25)23-13-12-22)26-21(15-24)10-8-18(9-11-21)17-6-4-3-5-7-17/h3-10,16,19,24H,11,13-15H2,1-2H3,(H,23,25). The second-order valence-corrected chi connectivity index (χ2v) is 8.52. The fraction of sp³-hybridized carbons (Fsp3) is 0.429. The second kappa shape index (κ2) is 9.61. The molecule has 26 heavy (non-hydrogen) atoms. The summed E-state index contributed by atoms with van der Waals surface area (Å²) in [6.45, 7) is 4.11. The average molecular weight is 371 g/mol. The number of rotatable bonds is 8. The van der Waals surface area contributed by atoms with Gasteiger partial charge in [0.2, 0.25) is 5.91 Å². The van der Waals surface area contributed by atoms with Gasteiger partial charge in [0.05, 0.1) is 22.7 Å². The number of thioether (sulfide) groups is 1. The minimum absolute atomic E-state index is 0.00795. The van der Waals surface area contributed by atoms with E-state index in [1.165, 1.54) is 11.8 Å². The number of nitriles is 1. The number of nitrogens with one attached hydrogen (secondary N) is 1. The lowest BCUT2D eigenvalue weighted by Gasteiger charge is -2.33. The molecule has 0 fully saturated rings. The highest BCUT2D eigenvalue weighted by atomic mass is 32.2. The van der Waals surface area contributed by atoms with Crippen molar-refractivity contribution in [1.29, 1.82) is 5.26 Å². The molecule has 4 nitrogen and oxygen atoms in total. The van der Waals surface area contributed by atoms with Crippen LogP contribution >= 0.6 is 11.8 Å². The van der Waals surface area contributed by atoms with Gasteiger partial charge in [-0.2, -0.15) is 5.26 Å². The van der Waals surface area contributed by atoms with Gasteiger partial charge in [-0.15, -0.1) is 11.8 Å². The molecule has 1 amide bonds. The van der Waals surface area contributed by atoms with Gasteiger partial charge in [-0.3, -0.25) is 4.79 Å². The Morgan fingerprint density at radius 3 is 2.65 bits per heavy atom. The van der Waals surface area contributed by atoms with E-state index in [9.17, 15) is 9.90 Å². The molecule has 0 heterocycles. The molecule has 1 aromatic carbocycles. The van der Waals surface area contributed by atoms with Gasteiger partial charge >= 0.3 is 0 Å². The number of nitrogens with zero attached hydrogens (tertiary/aromatic N) is 1. The van der Waals surface area contributed by atoms with Gasteiger partial charge in [-0.1, -0.05) is 62.4 Å². The monoisotopic (exact) mass is 370 g/mol. The zero-order valence-electron chi connectivity index (χ0n) is 15.3. The van der Waals surface area contributed by atoms with Crippen LogP contribution in [0.25, 0.3) is 5.57 Å². The average Bonchev–Trinajstić information content (AvgIpc) is 2.66. The summed E-state index contributed by atoms with van der Waals surface area (Å²) in [4.78, 5) is 12.5. The van der Waals surface area contributed by atoms with Crippen LogP contribution in [0.5, 0.6) is 0 Å². The third-order valence-corrected chi connectivity index (χ3v) is 5.90. The Hall–Kier alpha value is -2.03. The molecule has 5 heteroatoms. The molecule has 2 unspecified atom stereocenters. The second-order valence-electron chi connectivity index (χ2n) is 6.90. The lowest BCUT2D eigenvalue weighted by Crippen LogP contribution is -2.39. The summed E-state index contributed by atoms with van der Waals surface area (Å²) in [6.07, 6.45) is 7.53. The fourth-order valence-electron chi connectivity index (χ4n) is 2.91. The van der Waals surface area contributed by atoms with E-state index < -0.39 is 4.75 Å². The largest absolute Gasteiger partial charge is 0.395 e. The SMILES string of the molecule is CC(C)CC(SC1(CO)C=CC(c2ccccc2)=CC1)C(=O)NCC#N. The molecule has 0 radical (unpaired) electrons. The van der Waals surface area contributed by atoms with E-state index in [1.54, 1.807) is 0 Å². The summed E-state index contributed by atoms with van der Waals surface area (Å²) >= 11 is 1.49. The third kappa shape index (κ3) is 5.48. The molecule has 0 saturated carbocycles. The predicted molar refractivity (Wildman–Crippen MR) is 107 cm³/mol. The number of carbonyl (C=O) groups is 1. The molecule has 0 spiro atoms. The van der Waals surface area contributed by atoms with Gasteiger partial charge in [-0.25, -0.2) is 0 Å². The highest BCUT2D eigenvalue weighted by Crippen LogP contribution is 2.40. The van der Waals surface area contributed by atoms with Crippen LogP contribution in [-0.2, 0) is 4.79 Å². The Balaban J connectivity index is 2.13. The molecule has 2 atom stereocenters. The van der Waals surface area contributed by atoms with Crippen molar-refractivity contribution in [2.45, 2.75) is 36.7 Å². The Kier molecular flexibility index (Phi) is 7.50. The molecule has 0 saturated heterocycles. The van der Waals surface area contributed by atoms with Gasteiger partial charge in [0.25, 0.3) is 0 Å². The van der Waals surface area contributed by atoms with Crippen LogP contribution in [-0.4, -0.2) is 34.2 Å². The van der Waals surface area contributed by atoms with Crippen molar-refractivity contribution in [3.05, 3.63) is 54.1 Å². The highest BCUT2D eigenvalue weighted by molar-refractivity contribution is 8.02. The van der Waals surface area contributed by atoms with E-state index >= 15 is 0 Å². The zero-order valence-corrected chi connectivity index (χ0v) is 16.1. The van der Waals surface area contributed by atoms with Crippen LogP contribution in [0.1, 0.15) is 32.3 Å². The van der Waals surface area contributed by atoms with E-state index in [2.05, 4.69) is 37.4 Å². The Morgan fingerprint density at radius 2 is 2.12 bits per heavy atom. The summed E-state index contributed by atoms with van der Waals surface area (Å²) in [5.74, 6) is 0.211. The number of carbonyl (C=O) groups excluding carboxylic acids is 1. The Bertz CT molecular complexity index is 706. The molecule has 0 aromatic heterocycles. The van der Waals surface area contributed by atoms with Crippen molar-refractivity contribution < 1.29 is 9.90 Å². The summed E-state index contributed by atoms with van der Waals surface area (Å²) in [7, 11) is 0. The highest BCUT2D eigenvalue weighted by Gasteiger charge is 2.35. The maximum absolute atomic E-state index is 12.5. The first-order valence-corrected chi connectivity index (χ1v) is 9.76. The van der Waals surface area contributed by atoms with E-state index in [0.717, 1.165) is 11.1 Å². The molecule has 1 aromatic rings. The Labute approximate surface area is 160 Å². The summed E-state index contributed by atoms with van der Waals surface area (Å²) in [6, 6.07) is 12.1. The number of aliphatic hydroxyl groups is 1. The predicted octanol–water partition coefficient (Wildman–Crippen LogP) is 3.55. The first-order valence-electron chi connectivity index (χ1n) is 8.88.